The van der Waals surface area contributed by atoms with Gasteiger partial charge in [-0.25, -0.2) is 9.97 Å². The molecular formula is C29H36N6O3. The maximum absolute atomic E-state index is 12.8. The van der Waals surface area contributed by atoms with E-state index in [1.54, 1.807) is 9.47 Å². The van der Waals surface area contributed by atoms with Gasteiger partial charge in [0.05, 0.1) is 17.4 Å². The van der Waals surface area contributed by atoms with E-state index in [-0.39, 0.29) is 37.0 Å². The lowest BCUT2D eigenvalue weighted by molar-refractivity contribution is -0.148. The summed E-state index contributed by atoms with van der Waals surface area (Å²) in [4.78, 5) is 37.6. The maximum Gasteiger partial charge on any atom is 0.314 e. The number of fused-ring (bicyclic) bond motifs is 1. The number of amides is 1. The van der Waals surface area contributed by atoms with Crippen molar-refractivity contribution in [2.24, 2.45) is 5.92 Å². The fourth-order valence-electron chi connectivity index (χ4n) is 4.89. The predicted molar refractivity (Wildman–Crippen MR) is 145 cm³/mol. The molecule has 200 valence electrons. The van der Waals surface area contributed by atoms with E-state index in [1.165, 1.54) is 11.9 Å². The van der Waals surface area contributed by atoms with Gasteiger partial charge in [0.2, 0.25) is 5.91 Å². The van der Waals surface area contributed by atoms with Crippen molar-refractivity contribution < 1.29 is 14.3 Å². The Bertz CT molecular complexity index is 1310. The van der Waals surface area contributed by atoms with Crippen LogP contribution in [0.5, 0.6) is 0 Å². The number of anilines is 1. The molecule has 1 aromatic carbocycles. The Morgan fingerprint density at radius 2 is 1.95 bits per heavy atom. The second kappa shape index (κ2) is 12.1. The van der Waals surface area contributed by atoms with Gasteiger partial charge in [-0.15, -0.1) is 0 Å². The molecule has 3 aromatic rings. The largest absolute Gasteiger partial charge is 0.443 e. The van der Waals surface area contributed by atoms with E-state index in [4.69, 9.17) is 10.00 Å². The first-order chi connectivity index (χ1) is 18.3. The molecule has 0 saturated carbocycles. The summed E-state index contributed by atoms with van der Waals surface area (Å²) in [6.45, 7) is 7.74. The van der Waals surface area contributed by atoms with Crippen LogP contribution in [0.2, 0.25) is 0 Å². The summed E-state index contributed by atoms with van der Waals surface area (Å²) in [7, 11) is 1.97. The molecule has 9 heteroatoms. The molecule has 0 spiro atoms. The first kappa shape index (κ1) is 27.1. The average Bonchev–Trinajstić information content (AvgIpc) is 3.29. The van der Waals surface area contributed by atoms with Crippen LogP contribution in [0, 0.1) is 17.2 Å². The Balaban J connectivity index is 1.35. The third kappa shape index (κ3) is 6.13. The van der Waals surface area contributed by atoms with Crippen LogP contribution in [0.25, 0.3) is 11.0 Å². The summed E-state index contributed by atoms with van der Waals surface area (Å²) in [5.74, 6) is 0.616. The minimum absolute atomic E-state index is 0.0658. The first-order valence-corrected chi connectivity index (χ1v) is 13.2. The molecule has 9 nitrogen and oxygen atoms in total. The smallest absolute Gasteiger partial charge is 0.314 e. The van der Waals surface area contributed by atoms with Crippen molar-refractivity contribution in [1.29, 1.82) is 5.26 Å². The van der Waals surface area contributed by atoms with Crippen molar-refractivity contribution >= 4 is 28.7 Å². The molecule has 38 heavy (non-hydrogen) atoms. The minimum atomic E-state index is -0.368. The molecule has 1 aliphatic heterocycles. The highest BCUT2D eigenvalue weighted by molar-refractivity contribution is 5.88. The monoisotopic (exact) mass is 516 g/mol. The lowest BCUT2D eigenvalue weighted by Gasteiger charge is -2.41. The van der Waals surface area contributed by atoms with Gasteiger partial charge < -0.3 is 14.5 Å². The van der Waals surface area contributed by atoms with E-state index in [1.807, 2.05) is 44.4 Å². The zero-order valence-electron chi connectivity index (χ0n) is 22.6. The van der Waals surface area contributed by atoms with Gasteiger partial charge in [0.1, 0.15) is 24.2 Å². The van der Waals surface area contributed by atoms with Crippen LogP contribution >= 0.6 is 0 Å². The summed E-state index contributed by atoms with van der Waals surface area (Å²) in [6, 6.07) is 12.2. The van der Waals surface area contributed by atoms with Crippen molar-refractivity contribution in [1.82, 2.24) is 19.4 Å². The number of carbonyl (C=O) groups is 2. The normalized spacial score (nSPS) is 15.7. The molecule has 1 saturated heterocycles. The van der Waals surface area contributed by atoms with Crippen molar-refractivity contribution in [3.63, 3.8) is 0 Å². The highest BCUT2D eigenvalue weighted by atomic mass is 16.5. The van der Waals surface area contributed by atoms with Gasteiger partial charge in [-0.1, -0.05) is 38.1 Å². The lowest BCUT2D eigenvalue weighted by Crippen LogP contribution is -2.52. The summed E-state index contributed by atoms with van der Waals surface area (Å²) in [5, 5.41) is 9.66. The van der Waals surface area contributed by atoms with Gasteiger partial charge in [0, 0.05) is 32.4 Å². The van der Waals surface area contributed by atoms with E-state index in [2.05, 4.69) is 40.8 Å². The van der Waals surface area contributed by atoms with Gasteiger partial charge in [-0.05, 0) is 49.3 Å². The molecule has 1 amide bonds. The summed E-state index contributed by atoms with van der Waals surface area (Å²) >= 11 is 0. The second-order valence-electron chi connectivity index (χ2n) is 10.4. The van der Waals surface area contributed by atoms with E-state index in [0.717, 1.165) is 42.6 Å². The van der Waals surface area contributed by atoms with Crippen molar-refractivity contribution in [2.75, 3.05) is 25.0 Å². The maximum atomic E-state index is 12.8. The van der Waals surface area contributed by atoms with Crippen LogP contribution < -0.4 is 4.90 Å². The third-order valence-corrected chi connectivity index (χ3v) is 7.21. The Hall–Kier alpha value is -3.93. The SMILES string of the molecule is CC(C)Cc1ccc(C(C)C(=O)OCn2ccc3c(N(C)CCC4CCN4C(=O)CC#N)ncnc32)cc1. The topological polar surface area (TPSA) is 104 Å². The van der Waals surface area contributed by atoms with Crippen molar-refractivity contribution in [3.8, 4) is 6.07 Å². The first-order valence-electron chi connectivity index (χ1n) is 13.2. The van der Waals surface area contributed by atoms with Crippen LogP contribution in [-0.4, -0.2) is 57.5 Å². The molecule has 2 aromatic heterocycles. The van der Waals surface area contributed by atoms with Crippen LogP contribution in [0.4, 0.5) is 5.82 Å². The Labute approximate surface area is 224 Å². The van der Waals surface area contributed by atoms with Crippen LogP contribution in [0.1, 0.15) is 57.1 Å². The number of likely N-dealkylation sites (tertiary alicyclic amines) is 1. The van der Waals surface area contributed by atoms with Crippen molar-refractivity contribution in [3.05, 3.63) is 54.0 Å². The molecule has 1 aliphatic rings. The second-order valence-corrected chi connectivity index (χ2v) is 10.4. The number of nitriles is 1. The number of nitrogens with zero attached hydrogens (tertiary/aromatic N) is 6. The van der Waals surface area contributed by atoms with E-state index in [0.29, 0.717) is 18.1 Å². The average molecular weight is 517 g/mol. The minimum Gasteiger partial charge on any atom is -0.443 e. The zero-order chi connectivity index (χ0) is 27.2. The fraction of sp³-hybridized carbons (Fsp3) is 0.483. The molecule has 0 aliphatic carbocycles. The van der Waals surface area contributed by atoms with E-state index < -0.39 is 0 Å². The molecule has 1 fully saturated rings. The lowest BCUT2D eigenvalue weighted by atomic mass is 9.97. The summed E-state index contributed by atoms with van der Waals surface area (Å²) in [6.07, 6.45) is 6.06. The van der Waals surface area contributed by atoms with Gasteiger partial charge >= 0.3 is 5.97 Å². The van der Waals surface area contributed by atoms with Crippen molar-refractivity contribution in [2.45, 2.75) is 65.1 Å². The van der Waals surface area contributed by atoms with Crippen LogP contribution in [0.15, 0.2) is 42.9 Å². The number of rotatable bonds is 11. The van der Waals surface area contributed by atoms with E-state index >= 15 is 0 Å². The molecule has 0 bridgehead atoms. The Kier molecular flexibility index (Phi) is 8.62. The number of aromatic nitrogens is 3. The van der Waals surface area contributed by atoms with E-state index in [9.17, 15) is 9.59 Å². The van der Waals surface area contributed by atoms with Gasteiger partial charge in [0.25, 0.3) is 0 Å². The number of hydrogen-bond acceptors (Lipinski definition) is 7. The number of carbonyl (C=O) groups excluding carboxylic acids is 2. The molecule has 2 atom stereocenters. The van der Waals surface area contributed by atoms with Gasteiger partial charge in [0.15, 0.2) is 6.73 Å². The molecule has 4 rings (SSSR count). The molecule has 3 heterocycles. The number of benzene rings is 1. The zero-order valence-corrected chi connectivity index (χ0v) is 22.6. The fourth-order valence-corrected chi connectivity index (χ4v) is 4.89. The molecular weight excluding hydrogens is 480 g/mol. The Morgan fingerprint density at radius 1 is 1.18 bits per heavy atom. The predicted octanol–water partition coefficient (Wildman–Crippen LogP) is 4.28. The number of esters is 1. The van der Waals surface area contributed by atoms with Gasteiger partial charge in [-0.3, -0.25) is 14.2 Å². The third-order valence-electron chi connectivity index (χ3n) is 7.21. The molecule has 0 N–H and O–H groups in total. The van der Waals surface area contributed by atoms with Crippen LogP contribution in [0.3, 0.4) is 0 Å². The standard InChI is InChI=1S/C29H36N6O3/c1-20(2)17-22-5-7-23(8-6-22)21(3)29(37)38-19-34-15-12-25-27(31-18-32-28(25)34)33(4)14-10-24-11-16-35(24)26(36)9-13-30/h5-8,12,15,18,20-21,24H,9-11,14,16-17,19H2,1-4H3. The number of ether oxygens (including phenoxy) is 1. The highest BCUT2D eigenvalue weighted by Gasteiger charge is 2.31. The highest BCUT2D eigenvalue weighted by Crippen LogP contribution is 2.26. The summed E-state index contributed by atoms with van der Waals surface area (Å²) in [5.41, 5.74) is 2.89. The molecule has 2 unspecified atom stereocenters. The summed E-state index contributed by atoms with van der Waals surface area (Å²) < 4.78 is 7.46. The van der Waals surface area contributed by atoms with Crippen LogP contribution in [-0.2, 0) is 27.5 Å². The Morgan fingerprint density at radius 3 is 2.61 bits per heavy atom. The number of hydrogen-bond donors (Lipinski definition) is 0. The quantitative estimate of drug-likeness (QED) is 0.351. The molecule has 0 radical (unpaired) electrons. The van der Waals surface area contributed by atoms with Gasteiger partial charge in [-0.2, -0.15) is 5.26 Å².